The molecule has 0 bridgehead atoms. The van der Waals surface area contributed by atoms with E-state index in [-0.39, 0.29) is 0 Å². The molecule has 0 aromatic carbocycles. The van der Waals surface area contributed by atoms with Crippen molar-refractivity contribution in [3.05, 3.63) is 18.0 Å². The van der Waals surface area contributed by atoms with Crippen LogP contribution in [0.2, 0.25) is 0 Å². The number of hydrogen-bond acceptors (Lipinski definition) is 2. The SMILES string of the molecule is CCCn1cc(C(NCC)C(C)C(C)C)cn1. The molecule has 3 nitrogen and oxygen atoms in total. The van der Waals surface area contributed by atoms with Gasteiger partial charge in [0.15, 0.2) is 0 Å². The lowest BCUT2D eigenvalue weighted by molar-refractivity contribution is 0.307. The Morgan fingerprint density at radius 1 is 1.29 bits per heavy atom. The highest BCUT2D eigenvalue weighted by Gasteiger charge is 2.22. The summed E-state index contributed by atoms with van der Waals surface area (Å²) >= 11 is 0. The summed E-state index contributed by atoms with van der Waals surface area (Å²) in [6, 6.07) is 0.422. The Balaban J connectivity index is 2.81. The molecule has 98 valence electrons. The normalized spacial score (nSPS) is 15.2. The van der Waals surface area contributed by atoms with Crippen LogP contribution < -0.4 is 5.32 Å². The molecule has 0 aliphatic heterocycles. The first-order chi connectivity index (χ1) is 8.10. The first-order valence-corrected chi connectivity index (χ1v) is 6.85. The van der Waals surface area contributed by atoms with Gasteiger partial charge in [0.1, 0.15) is 0 Å². The number of nitrogens with zero attached hydrogens (tertiary/aromatic N) is 2. The van der Waals surface area contributed by atoms with Crippen LogP contribution in [0.4, 0.5) is 0 Å². The van der Waals surface area contributed by atoms with E-state index in [2.05, 4.69) is 51.2 Å². The van der Waals surface area contributed by atoms with E-state index in [1.165, 1.54) is 5.56 Å². The van der Waals surface area contributed by atoms with Gasteiger partial charge in [-0.3, -0.25) is 4.68 Å². The molecule has 0 saturated heterocycles. The van der Waals surface area contributed by atoms with Crippen LogP contribution in [0, 0.1) is 11.8 Å². The van der Waals surface area contributed by atoms with Gasteiger partial charge in [0.2, 0.25) is 0 Å². The predicted octanol–water partition coefficient (Wildman–Crippen LogP) is 3.24. The summed E-state index contributed by atoms with van der Waals surface area (Å²) in [5.41, 5.74) is 1.32. The third-order valence-corrected chi connectivity index (χ3v) is 3.47. The van der Waals surface area contributed by atoms with E-state index >= 15 is 0 Å². The molecule has 1 heterocycles. The molecule has 0 radical (unpaired) electrons. The van der Waals surface area contributed by atoms with Gasteiger partial charge in [-0.15, -0.1) is 0 Å². The van der Waals surface area contributed by atoms with Crippen LogP contribution in [0.3, 0.4) is 0 Å². The Bertz CT molecular complexity index is 317. The summed E-state index contributed by atoms with van der Waals surface area (Å²) in [6.45, 7) is 13.2. The molecule has 1 rings (SSSR count). The smallest absolute Gasteiger partial charge is 0.0537 e. The van der Waals surface area contributed by atoms with E-state index in [0.717, 1.165) is 19.5 Å². The number of aryl methyl sites for hydroxylation is 1. The molecule has 2 atom stereocenters. The Labute approximate surface area is 106 Å². The quantitative estimate of drug-likeness (QED) is 0.789. The van der Waals surface area contributed by atoms with Gasteiger partial charge in [0, 0.05) is 24.3 Å². The topological polar surface area (TPSA) is 29.9 Å². The maximum atomic E-state index is 4.43. The monoisotopic (exact) mass is 237 g/mol. The highest BCUT2D eigenvalue weighted by Crippen LogP contribution is 2.27. The maximum Gasteiger partial charge on any atom is 0.0537 e. The van der Waals surface area contributed by atoms with Gasteiger partial charge in [-0.05, 0) is 24.8 Å². The van der Waals surface area contributed by atoms with Gasteiger partial charge in [-0.1, -0.05) is 34.6 Å². The van der Waals surface area contributed by atoms with Crippen LogP contribution in [0.15, 0.2) is 12.4 Å². The van der Waals surface area contributed by atoms with Crippen LogP contribution in [0.5, 0.6) is 0 Å². The second-order valence-corrected chi connectivity index (χ2v) is 5.18. The lowest BCUT2D eigenvalue weighted by Crippen LogP contribution is -2.29. The highest BCUT2D eigenvalue weighted by atomic mass is 15.3. The van der Waals surface area contributed by atoms with Crippen LogP contribution in [-0.2, 0) is 6.54 Å². The van der Waals surface area contributed by atoms with Crippen molar-refractivity contribution in [2.45, 2.75) is 53.6 Å². The molecule has 3 heteroatoms. The molecule has 0 aliphatic rings. The number of aromatic nitrogens is 2. The third kappa shape index (κ3) is 3.84. The van der Waals surface area contributed by atoms with Gasteiger partial charge >= 0.3 is 0 Å². The van der Waals surface area contributed by atoms with Gasteiger partial charge in [-0.2, -0.15) is 5.10 Å². The summed E-state index contributed by atoms with van der Waals surface area (Å²) < 4.78 is 2.05. The molecule has 17 heavy (non-hydrogen) atoms. The fourth-order valence-corrected chi connectivity index (χ4v) is 2.10. The van der Waals surface area contributed by atoms with Gasteiger partial charge < -0.3 is 5.32 Å². The van der Waals surface area contributed by atoms with Crippen LogP contribution in [0.1, 0.15) is 52.6 Å². The minimum absolute atomic E-state index is 0.422. The van der Waals surface area contributed by atoms with Crippen molar-refractivity contribution in [3.63, 3.8) is 0 Å². The first-order valence-electron chi connectivity index (χ1n) is 6.85. The Morgan fingerprint density at radius 3 is 2.53 bits per heavy atom. The lowest BCUT2D eigenvalue weighted by Gasteiger charge is -2.26. The third-order valence-electron chi connectivity index (χ3n) is 3.47. The van der Waals surface area contributed by atoms with Crippen molar-refractivity contribution >= 4 is 0 Å². The average Bonchev–Trinajstić information content (AvgIpc) is 2.73. The zero-order valence-electron chi connectivity index (χ0n) is 11.9. The van der Waals surface area contributed by atoms with Gasteiger partial charge in [0.25, 0.3) is 0 Å². The van der Waals surface area contributed by atoms with Crippen LogP contribution >= 0.6 is 0 Å². The van der Waals surface area contributed by atoms with E-state index < -0.39 is 0 Å². The van der Waals surface area contributed by atoms with E-state index in [0.29, 0.717) is 17.9 Å². The molecule has 1 aromatic heterocycles. The van der Waals surface area contributed by atoms with Gasteiger partial charge in [0.05, 0.1) is 6.20 Å². The first kappa shape index (κ1) is 14.2. The van der Waals surface area contributed by atoms with Crippen molar-refractivity contribution in [1.29, 1.82) is 0 Å². The molecule has 1 aromatic rings. The summed E-state index contributed by atoms with van der Waals surface area (Å²) in [7, 11) is 0. The fourth-order valence-electron chi connectivity index (χ4n) is 2.10. The van der Waals surface area contributed by atoms with Crippen molar-refractivity contribution < 1.29 is 0 Å². The molecule has 0 fully saturated rings. The largest absolute Gasteiger partial charge is 0.310 e. The zero-order valence-corrected chi connectivity index (χ0v) is 11.9. The molecular weight excluding hydrogens is 210 g/mol. The second-order valence-electron chi connectivity index (χ2n) is 5.18. The number of rotatable bonds is 7. The highest BCUT2D eigenvalue weighted by molar-refractivity contribution is 5.11. The van der Waals surface area contributed by atoms with Crippen LogP contribution in [0.25, 0.3) is 0 Å². The summed E-state index contributed by atoms with van der Waals surface area (Å²) in [5.74, 6) is 1.29. The van der Waals surface area contributed by atoms with Crippen molar-refractivity contribution in [2.75, 3.05) is 6.54 Å². The predicted molar refractivity (Wildman–Crippen MR) is 72.9 cm³/mol. The van der Waals surface area contributed by atoms with Crippen LogP contribution in [-0.4, -0.2) is 16.3 Å². The van der Waals surface area contributed by atoms with E-state index in [1.54, 1.807) is 0 Å². The van der Waals surface area contributed by atoms with Crippen molar-refractivity contribution in [2.24, 2.45) is 11.8 Å². The minimum atomic E-state index is 0.422. The number of nitrogens with one attached hydrogen (secondary N) is 1. The average molecular weight is 237 g/mol. The van der Waals surface area contributed by atoms with E-state index in [4.69, 9.17) is 0 Å². The summed E-state index contributed by atoms with van der Waals surface area (Å²) in [5, 5.41) is 8.01. The minimum Gasteiger partial charge on any atom is -0.310 e. The number of hydrogen-bond donors (Lipinski definition) is 1. The maximum absolute atomic E-state index is 4.43. The Morgan fingerprint density at radius 2 is 2.00 bits per heavy atom. The molecule has 0 amide bonds. The Kier molecular flexibility index (Phi) is 5.69. The second kappa shape index (κ2) is 6.80. The Hall–Kier alpha value is -0.830. The zero-order chi connectivity index (χ0) is 12.8. The van der Waals surface area contributed by atoms with Crippen molar-refractivity contribution in [1.82, 2.24) is 15.1 Å². The van der Waals surface area contributed by atoms with E-state index in [9.17, 15) is 0 Å². The summed E-state index contributed by atoms with van der Waals surface area (Å²) in [4.78, 5) is 0. The molecular formula is C14H27N3. The van der Waals surface area contributed by atoms with E-state index in [1.807, 2.05) is 10.9 Å². The molecule has 0 spiro atoms. The van der Waals surface area contributed by atoms with Gasteiger partial charge in [-0.25, -0.2) is 0 Å². The molecule has 2 unspecified atom stereocenters. The van der Waals surface area contributed by atoms with Crippen molar-refractivity contribution in [3.8, 4) is 0 Å². The fraction of sp³-hybridized carbons (Fsp3) is 0.786. The standard InChI is InChI=1S/C14H27N3/c1-6-8-17-10-13(9-16-17)14(15-7-2)12(5)11(3)4/h9-12,14-15H,6-8H2,1-5H3. The summed E-state index contributed by atoms with van der Waals surface area (Å²) in [6.07, 6.45) is 5.34. The molecule has 0 saturated carbocycles. The molecule has 0 aliphatic carbocycles. The lowest BCUT2D eigenvalue weighted by atomic mass is 9.87. The molecule has 1 N–H and O–H groups in total.